The molecule has 4 radical (unpaired) electrons. The first-order valence-corrected chi connectivity index (χ1v) is 9.09. The molecule has 5 heteroatoms. The predicted octanol–water partition coefficient (Wildman–Crippen LogP) is 5.30. The molecule has 0 amide bonds. The summed E-state index contributed by atoms with van der Waals surface area (Å²) >= 11 is 19.1. The Morgan fingerprint density at radius 1 is 0.769 bits per heavy atom. The van der Waals surface area contributed by atoms with Gasteiger partial charge >= 0.3 is 0 Å². The van der Waals surface area contributed by atoms with Gasteiger partial charge in [-0.3, -0.25) is 0 Å². The first kappa shape index (κ1) is 25.1. The summed E-state index contributed by atoms with van der Waals surface area (Å²) in [5.41, 5.74) is 6.15. The van der Waals surface area contributed by atoms with E-state index in [1.807, 2.05) is 85.3 Å². The number of thiocarbonyl (C=S) groups is 2. The molecule has 0 N–H and O–H groups in total. The zero-order chi connectivity index (χ0) is 18.5. The molecule has 0 spiro atoms. The van der Waals surface area contributed by atoms with Crippen molar-refractivity contribution in [3.05, 3.63) is 108 Å². The van der Waals surface area contributed by atoms with Gasteiger partial charge in [0.05, 0.1) is 0 Å². The average molecular weight is 519 g/mol. The van der Waals surface area contributed by atoms with Crippen molar-refractivity contribution < 1.29 is 0 Å². The van der Waals surface area contributed by atoms with E-state index in [4.69, 9.17) is 49.7 Å². The van der Waals surface area contributed by atoms with Crippen molar-refractivity contribution in [3.63, 3.8) is 0 Å². The number of hydrogen-bond donors (Lipinski definition) is 0. The van der Waals surface area contributed by atoms with Crippen LogP contribution >= 0.6 is 24.4 Å². The number of rotatable bonds is 2. The third-order valence-corrected chi connectivity index (χ3v) is 3.85. The van der Waals surface area contributed by atoms with Crippen LogP contribution in [0.15, 0.2) is 90.2 Å². The van der Waals surface area contributed by atoms with Crippen molar-refractivity contribution in [1.29, 1.82) is 0 Å². The molecule has 0 atom stereocenters. The molecule has 0 fully saturated rings. The maximum Gasteiger partial charge on any atom is 0.0160 e. The van der Waals surface area contributed by atoms with Gasteiger partial charge < -0.3 is 49.7 Å². The van der Waals surface area contributed by atoms with Crippen LogP contribution in [-0.4, -0.2) is 32.8 Å². The molecule has 0 unspecified atom stereocenters. The maximum atomic E-state index is 4.78. The molecule has 0 saturated heterocycles. The van der Waals surface area contributed by atoms with Crippen LogP contribution in [-0.2, 0) is 25.3 Å². The summed E-state index contributed by atoms with van der Waals surface area (Å²) in [7, 11) is 0. The summed E-state index contributed by atoms with van der Waals surface area (Å²) in [6.45, 7) is 2.06. The van der Waals surface area contributed by atoms with E-state index in [-0.39, 0.29) is 24.4 Å². The second-order valence-electron chi connectivity index (χ2n) is 4.88. The van der Waals surface area contributed by atoms with E-state index in [1.165, 1.54) is 5.57 Å². The summed E-state index contributed by atoms with van der Waals surface area (Å²) in [6.07, 6.45) is 7.88. The van der Waals surface area contributed by atoms with Crippen LogP contribution in [0.4, 0.5) is 0 Å². The molecule has 26 heavy (non-hydrogen) atoms. The Morgan fingerprint density at radius 3 is 1.38 bits per heavy atom. The largest absolute Gasteiger partial charge is 0.428 e. The van der Waals surface area contributed by atoms with E-state index in [1.54, 1.807) is 0 Å². The van der Waals surface area contributed by atoms with Gasteiger partial charge in [0.1, 0.15) is 0 Å². The van der Waals surface area contributed by atoms with Gasteiger partial charge in [-0.25, -0.2) is 0 Å². The quantitative estimate of drug-likeness (QED) is 0.229. The third-order valence-electron chi connectivity index (χ3n) is 2.90. The van der Waals surface area contributed by atoms with E-state index in [9.17, 15) is 0 Å². The van der Waals surface area contributed by atoms with Crippen molar-refractivity contribution in [2.75, 3.05) is 0 Å². The number of benzene rings is 2. The molecule has 2 aromatic carbocycles. The molecule has 0 aliphatic heterocycles. The monoisotopic (exact) mass is 518 g/mol. The molecular weight excluding hydrogens is 502 g/mol. The minimum Gasteiger partial charge on any atom is -0.428 e. The second kappa shape index (κ2) is 15.2. The molecule has 1 aliphatic carbocycles. The molecule has 0 bridgehead atoms. The molecule has 0 saturated carbocycles. The van der Waals surface area contributed by atoms with Crippen LogP contribution in [0.25, 0.3) is 0 Å². The molecule has 0 heterocycles. The van der Waals surface area contributed by atoms with E-state index in [2.05, 4.69) is 12.7 Å². The third kappa shape index (κ3) is 11.7. The van der Waals surface area contributed by atoms with Crippen LogP contribution in [0.2, 0.25) is 0 Å². The Morgan fingerprint density at radius 2 is 1.19 bits per heavy atom. The fourth-order valence-corrected chi connectivity index (χ4v) is 2.16. The standard InChI is InChI=1S/2C7H6S2.C7H7.Sb/c2*8-7(9)6-4-2-1-3-5-6;1-7-5-3-2-4-6-7;/h2*1-5H,(H,8,9);3-6H,1H3;/p-2. The molecule has 2 aromatic rings. The summed E-state index contributed by atoms with van der Waals surface area (Å²) < 4.78 is 1.08. The van der Waals surface area contributed by atoms with E-state index in [0.717, 1.165) is 11.1 Å². The van der Waals surface area contributed by atoms with Crippen LogP contribution in [0.5, 0.6) is 0 Å². The van der Waals surface area contributed by atoms with Gasteiger partial charge in [-0.2, -0.15) is 0 Å². The van der Waals surface area contributed by atoms with Gasteiger partial charge in [0.2, 0.25) is 0 Å². The van der Waals surface area contributed by atoms with Crippen molar-refractivity contribution in [1.82, 2.24) is 0 Å². The Bertz CT molecular complexity index is 725. The maximum absolute atomic E-state index is 4.78. The smallest absolute Gasteiger partial charge is 0.0160 e. The Labute approximate surface area is 195 Å². The minimum absolute atomic E-state index is 0. The van der Waals surface area contributed by atoms with E-state index >= 15 is 0 Å². The van der Waals surface area contributed by atoms with Crippen molar-refractivity contribution >= 4 is 82.5 Å². The van der Waals surface area contributed by atoms with E-state index in [0.29, 0.717) is 8.39 Å². The SMILES string of the molecule is CC1=CC=C=C[CH]1.S=C([S-])c1ccccc1.S=C([S-])c1ccccc1.[Sb]. The van der Waals surface area contributed by atoms with E-state index < -0.39 is 0 Å². The van der Waals surface area contributed by atoms with Crippen molar-refractivity contribution in [2.45, 2.75) is 6.92 Å². The van der Waals surface area contributed by atoms with Gasteiger partial charge in [-0.05, 0) is 30.2 Å². The normalized spacial score (nSPS) is 10.7. The van der Waals surface area contributed by atoms with Crippen LogP contribution in [0.1, 0.15) is 18.1 Å². The minimum atomic E-state index is 0. The molecule has 132 valence electrons. The molecule has 3 rings (SSSR count). The van der Waals surface area contributed by atoms with Gasteiger partial charge in [0.15, 0.2) is 0 Å². The Kier molecular flexibility index (Phi) is 14.7. The zero-order valence-electron chi connectivity index (χ0n) is 14.2. The van der Waals surface area contributed by atoms with Gasteiger partial charge in [0, 0.05) is 30.8 Å². The zero-order valence-corrected chi connectivity index (χ0v) is 20.0. The first-order chi connectivity index (χ1) is 12.0. The summed E-state index contributed by atoms with van der Waals surface area (Å²) in [5, 5.41) is 0. The summed E-state index contributed by atoms with van der Waals surface area (Å²) in [4.78, 5) is 0. The van der Waals surface area contributed by atoms with Crippen molar-refractivity contribution in [2.24, 2.45) is 0 Å². The Balaban J connectivity index is 0.000000357. The van der Waals surface area contributed by atoms with Gasteiger partial charge in [-0.1, -0.05) is 72.3 Å². The van der Waals surface area contributed by atoms with Crippen LogP contribution < -0.4 is 0 Å². The number of hydrogen-bond acceptors (Lipinski definition) is 4. The fraction of sp³-hybridized carbons (Fsp3) is 0.0476. The summed E-state index contributed by atoms with van der Waals surface area (Å²) in [5.74, 6) is 0. The Hall–Kier alpha value is -0.862. The molecule has 0 aromatic heterocycles. The molecular formula is C21H17S4Sb-2. The molecule has 0 nitrogen and oxygen atoms in total. The van der Waals surface area contributed by atoms with Crippen LogP contribution in [0, 0.1) is 6.42 Å². The predicted molar refractivity (Wildman–Crippen MR) is 127 cm³/mol. The summed E-state index contributed by atoms with van der Waals surface area (Å²) in [6, 6.07) is 19.2. The van der Waals surface area contributed by atoms with Gasteiger partial charge in [-0.15, -0.1) is 14.1 Å². The molecule has 1 aliphatic rings. The fourth-order valence-electron chi connectivity index (χ4n) is 1.62. The number of allylic oxidation sites excluding steroid dienone is 3. The van der Waals surface area contributed by atoms with Crippen molar-refractivity contribution in [3.8, 4) is 0 Å². The topological polar surface area (TPSA) is 0 Å². The van der Waals surface area contributed by atoms with Crippen LogP contribution in [0.3, 0.4) is 0 Å². The second-order valence-corrected chi connectivity index (χ2v) is 7.03. The van der Waals surface area contributed by atoms with Gasteiger partial charge in [0.25, 0.3) is 0 Å². The first-order valence-electron chi connectivity index (χ1n) is 7.46. The average Bonchev–Trinajstić information content (AvgIpc) is 2.65.